The van der Waals surface area contributed by atoms with Crippen molar-refractivity contribution in [2.75, 3.05) is 32.7 Å². The largest absolute Gasteiger partial charge is 0.362 e. The minimum Gasteiger partial charge on any atom is -0.362 e. The van der Waals surface area contributed by atoms with Crippen LogP contribution in [0.15, 0.2) is 48.5 Å². The molecule has 3 N–H and O–H groups in total. The molecule has 1 fully saturated rings. The van der Waals surface area contributed by atoms with Crippen molar-refractivity contribution in [1.29, 1.82) is 0 Å². The van der Waals surface area contributed by atoms with Crippen LogP contribution >= 0.6 is 12.2 Å². The summed E-state index contributed by atoms with van der Waals surface area (Å²) in [6.07, 6.45) is 0. The first-order chi connectivity index (χ1) is 12.3. The molecule has 0 bridgehead atoms. The molecule has 2 aliphatic rings. The van der Waals surface area contributed by atoms with E-state index in [0.717, 1.165) is 37.8 Å². The second-order valence-electron chi connectivity index (χ2n) is 6.72. The van der Waals surface area contributed by atoms with E-state index < -0.39 is 0 Å². The molecule has 5 heteroatoms. The van der Waals surface area contributed by atoms with Crippen molar-refractivity contribution in [2.24, 2.45) is 0 Å². The number of rotatable bonds is 3. The minimum absolute atomic E-state index is 0.454. The fourth-order valence-electron chi connectivity index (χ4n) is 4.13. The van der Waals surface area contributed by atoms with Gasteiger partial charge in [-0.15, -0.1) is 0 Å². The van der Waals surface area contributed by atoms with Gasteiger partial charge in [0.1, 0.15) is 6.04 Å². The highest BCUT2D eigenvalue weighted by atomic mass is 32.1. The van der Waals surface area contributed by atoms with Gasteiger partial charge in [-0.3, -0.25) is 5.43 Å². The number of quaternary nitrogens is 1. The topological polar surface area (TPSA) is 31.7 Å². The molecule has 0 atom stereocenters. The fourth-order valence-corrected chi connectivity index (χ4v) is 4.41. The maximum absolute atomic E-state index is 5.30. The third kappa shape index (κ3) is 3.15. The van der Waals surface area contributed by atoms with Gasteiger partial charge in [0.2, 0.25) is 0 Å². The van der Waals surface area contributed by atoms with E-state index in [1.807, 2.05) is 0 Å². The van der Waals surface area contributed by atoms with Gasteiger partial charge in [-0.25, -0.2) is 5.01 Å². The van der Waals surface area contributed by atoms with Crippen LogP contribution in [0, 0.1) is 0 Å². The second-order valence-corrected chi connectivity index (χ2v) is 7.13. The molecule has 2 aromatic rings. The lowest BCUT2D eigenvalue weighted by atomic mass is 10.0. The summed E-state index contributed by atoms with van der Waals surface area (Å²) < 4.78 is 0. The maximum Gasteiger partial charge on any atom is 0.181 e. The molecule has 0 spiro atoms. The van der Waals surface area contributed by atoms with Crippen molar-refractivity contribution in [3.63, 3.8) is 0 Å². The number of fused-ring (bicyclic) bond motifs is 3. The molecule has 1 aliphatic carbocycles. The summed E-state index contributed by atoms with van der Waals surface area (Å²) in [6, 6.07) is 18.2. The van der Waals surface area contributed by atoms with Crippen molar-refractivity contribution < 1.29 is 4.90 Å². The van der Waals surface area contributed by atoms with Crippen LogP contribution < -0.4 is 15.6 Å². The van der Waals surface area contributed by atoms with Crippen LogP contribution in [0.25, 0.3) is 11.1 Å². The van der Waals surface area contributed by atoms with Gasteiger partial charge in [0.25, 0.3) is 0 Å². The highest BCUT2D eigenvalue weighted by Crippen LogP contribution is 2.41. The van der Waals surface area contributed by atoms with E-state index in [4.69, 9.17) is 12.2 Å². The molecular formula is C20H25N4S+. The summed E-state index contributed by atoms with van der Waals surface area (Å²) in [6.45, 7) is 7.13. The van der Waals surface area contributed by atoms with Crippen molar-refractivity contribution >= 4 is 17.3 Å². The minimum atomic E-state index is 0.454. The van der Waals surface area contributed by atoms with Crippen molar-refractivity contribution in [3.8, 4) is 11.1 Å². The Morgan fingerprint density at radius 2 is 1.60 bits per heavy atom. The maximum atomic E-state index is 5.30. The third-order valence-corrected chi connectivity index (χ3v) is 5.48. The summed E-state index contributed by atoms with van der Waals surface area (Å²) >= 11 is 5.30. The number of hydrogen-bond acceptors (Lipinski definition) is 2. The van der Waals surface area contributed by atoms with E-state index in [9.17, 15) is 0 Å². The average Bonchev–Trinajstić information content (AvgIpc) is 2.97. The molecule has 0 unspecified atom stereocenters. The Bertz CT molecular complexity index is 722. The summed E-state index contributed by atoms with van der Waals surface area (Å²) in [7, 11) is 0. The smallest absolute Gasteiger partial charge is 0.181 e. The summed E-state index contributed by atoms with van der Waals surface area (Å²) in [4.78, 5) is 1.64. The lowest BCUT2D eigenvalue weighted by Crippen LogP contribution is -3.15. The summed E-state index contributed by atoms with van der Waals surface area (Å²) in [5.41, 5.74) is 9.07. The first-order valence-electron chi connectivity index (χ1n) is 9.10. The van der Waals surface area contributed by atoms with Crippen molar-refractivity contribution in [2.45, 2.75) is 13.0 Å². The molecule has 130 valence electrons. The highest BCUT2D eigenvalue weighted by Gasteiger charge is 2.37. The molecule has 1 heterocycles. The Morgan fingerprint density at radius 1 is 1.04 bits per heavy atom. The molecule has 0 saturated carbocycles. The number of hydrogen-bond donors (Lipinski definition) is 3. The van der Waals surface area contributed by atoms with E-state index in [-0.39, 0.29) is 0 Å². The molecule has 0 aromatic heterocycles. The van der Waals surface area contributed by atoms with Crippen molar-refractivity contribution in [1.82, 2.24) is 15.8 Å². The van der Waals surface area contributed by atoms with Gasteiger partial charge >= 0.3 is 0 Å². The fraction of sp³-hybridized carbons (Fsp3) is 0.350. The Labute approximate surface area is 154 Å². The zero-order chi connectivity index (χ0) is 17.2. The average molecular weight is 354 g/mol. The number of piperazine rings is 1. The predicted octanol–water partition coefficient (Wildman–Crippen LogP) is 1.36. The van der Waals surface area contributed by atoms with Crippen LogP contribution in [-0.2, 0) is 0 Å². The molecule has 0 amide bonds. The third-order valence-electron chi connectivity index (χ3n) is 5.24. The molecular weight excluding hydrogens is 328 g/mol. The van der Waals surface area contributed by atoms with Gasteiger partial charge in [0, 0.05) is 17.7 Å². The molecule has 4 rings (SSSR count). The molecule has 1 aliphatic heterocycles. The van der Waals surface area contributed by atoms with Gasteiger partial charge in [-0.05, 0) is 30.3 Å². The SMILES string of the molecule is CCNC(=S)NN1CC[NH+](C2c3ccccc3-c3ccccc32)CC1. The molecule has 1 saturated heterocycles. The Morgan fingerprint density at radius 3 is 2.16 bits per heavy atom. The predicted molar refractivity (Wildman–Crippen MR) is 105 cm³/mol. The highest BCUT2D eigenvalue weighted by molar-refractivity contribution is 7.80. The van der Waals surface area contributed by atoms with Crippen LogP contribution in [0.3, 0.4) is 0 Å². The van der Waals surface area contributed by atoms with Crippen LogP contribution in [-0.4, -0.2) is 42.8 Å². The first-order valence-corrected chi connectivity index (χ1v) is 9.51. The number of thiocarbonyl (C=S) groups is 1. The summed E-state index contributed by atoms with van der Waals surface area (Å²) in [5.74, 6) is 0. The lowest BCUT2D eigenvalue weighted by Gasteiger charge is -2.36. The molecule has 0 radical (unpaired) electrons. The zero-order valence-corrected chi connectivity index (χ0v) is 15.4. The Balaban J connectivity index is 1.51. The molecule has 25 heavy (non-hydrogen) atoms. The van der Waals surface area contributed by atoms with E-state index in [2.05, 4.69) is 71.2 Å². The normalized spacial score (nSPS) is 17.8. The number of benzene rings is 2. The lowest BCUT2D eigenvalue weighted by molar-refractivity contribution is -0.929. The number of nitrogens with zero attached hydrogens (tertiary/aromatic N) is 1. The van der Waals surface area contributed by atoms with E-state index in [0.29, 0.717) is 6.04 Å². The molecule has 2 aromatic carbocycles. The van der Waals surface area contributed by atoms with E-state index in [1.165, 1.54) is 22.3 Å². The van der Waals surface area contributed by atoms with Crippen LogP contribution in [0.2, 0.25) is 0 Å². The Kier molecular flexibility index (Phi) is 4.70. The first kappa shape index (κ1) is 16.5. The van der Waals surface area contributed by atoms with E-state index >= 15 is 0 Å². The van der Waals surface area contributed by atoms with Gasteiger partial charge in [-0.2, -0.15) is 0 Å². The van der Waals surface area contributed by atoms with Crippen LogP contribution in [0.4, 0.5) is 0 Å². The summed E-state index contributed by atoms with van der Waals surface area (Å²) in [5, 5.41) is 6.12. The van der Waals surface area contributed by atoms with Gasteiger partial charge in [0.15, 0.2) is 5.11 Å². The van der Waals surface area contributed by atoms with Crippen LogP contribution in [0.1, 0.15) is 24.1 Å². The molecule has 4 nitrogen and oxygen atoms in total. The second kappa shape index (κ2) is 7.12. The number of nitrogens with one attached hydrogen (secondary N) is 3. The number of hydrazine groups is 1. The van der Waals surface area contributed by atoms with Gasteiger partial charge < -0.3 is 10.2 Å². The van der Waals surface area contributed by atoms with Crippen molar-refractivity contribution in [3.05, 3.63) is 59.7 Å². The Hall–Kier alpha value is -1.95. The standard InChI is InChI=1S/C20H24N4S/c1-2-21-20(25)22-24-13-11-23(12-14-24)19-17-9-5-3-7-15(17)16-8-4-6-10-18(16)19/h3-10,19H,2,11-14H2,1H3,(H2,21,22,25)/p+1. The van der Waals surface area contributed by atoms with Crippen LogP contribution in [0.5, 0.6) is 0 Å². The van der Waals surface area contributed by atoms with Gasteiger partial charge in [-0.1, -0.05) is 48.5 Å². The quantitative estimate of drug-likeness (QED) is 0.728. The van der Waals surface area contributed by atoms with Gasteiger partial charge in [0.05, 0.1) is 26.2 Å². The zero-order valence-electron chi connectivity index (χ0n) is 14.6. The monoisotopic (exact) mass is 353 g/mol. The van der Waals surface area contributed by atoms with E-state index in [1.54, 1.807) is 4.90 Å².